The van der Waals surface area contributed by atoms with Gasteiger partial charge in [-0.2, -0.15) is 0 Å². The van der Waals surface area contributed by atoms with Crippen molar-refractivity contribution in [2.75, 3.05) is 0 Å². The van der Waals surface area contributed by atoms with E-state index < -0.39 is 6.16 Å². The molecule has 4 N–H and O–H groups in total. The second-order valence-corrected chi connectivity index (χ2v) is 0.283. The summed E-state index contributed by atoms with van der Waals surface area (Å²) in [5.74, 6) is 0. The molecule has 0 aromatic rings. The Hall–Kier alpha value is 1.50. The molecule has 0 radical (unpaired) electrons. The third kappa shape index (κ3) is 101. The Morgan fingerprint density at radius 3 is 1.43 bits per heavy atom. The molecule has 4 nitrogen and oxygen atoms in total. The maximum atomic E-state index is 8.56. The summed E-state index contributed by atoms with van der Waals surface area (Å²) in [7, 11) is 0. The van der Waals surface area contributed by atoms with Gasteiger partial charge < -0.3 is 17.1 Å². The smallest absolute Gasteiger partial charge is 1.00 e. The molecule has 0 rings (SSSR count). The molecule has 0 aromatic heterocycles. The second kappa shape index (κ2) is 15.6. The Bertz CT molecular complexity index is 39.0. The summed E-state index contributed by atoms with van der Waals surface area (Å²) in [5.41, 5.74) is 0. The third-order valence-corrected chi connectivity index (χ3v) is 0. The molecule has 42 valence electrons. The van der Waals surface area contributed by atoms with Gasteiger partial charge in [0.05, 0.1) is 0 Å². The molecule has 0 aromatic carbocycles. The molecule has 0 amide bonds. The van der Waals surface area contributed by atoms with Gasteiger partial charge in [-0.1, -0.05) is 0 Å². The van der Waals surface area contributed by atoms with Gasteiger partial charge in [0, 0.05) is 19.8 Å². The van der Waals surface area contributed by atoms with E-state index in [9.17, 15) is 0 Å². The van der Waals surface area contributed by atoms with E-state index in [1.54, 1.807) is 0 Å². The first-order valence-electron chi connectivity index (χ1n) is 0.651. The number of carboxylic acid groups (broad SMARTS) is 2. The van der Waals surface area contributed by atoms with E-state index in [1.807, 2.05) is 0 Å². The monoisotopic (exact) mass is 312 g/mol. The largest absolute Gasteiger partial charge is 1.00 e. The molecule has 0 aliphatic rings. The summed E-state index contributed by atoms with van der Waals surface area (Å²) >= 11 is 0. The molecule has 0 saturated carbocycles. The molecule has 0 aliphatic heterocycles. The fraction of sp³-hybridized carbons (Fsp3) is 0. The maximum Gasteiger partial charge on any atom is 1.00 e. The zero-order valence-corrected chi connectivity index (χ0v) is 9.32. The molecule has 0 atom stereocenters. The Morgan fingerprint density at radius 1 is 1.43 bits per heavy atom. The van der Waals surface area contributed by atoms with Crippen molar-refractivity contribution in [2.45, 2.75) is 0 Å². The van der Waals surface area contributed by atoms with Gasteiger partial charge in [-0.25, -0.2) is 4.79 Å². The summed E-state index contributed by atoms with van der Waals surface area (Å²) in [6.07, 6.45) is -1.83. The Labute approximate surface area is 97.6 Å². The minimum absolute atomic E-state index is 0. The Kier molecular flexibility index (Phi) is 52.8. The van der Waals surface area contributed by atoms with Gasteiger partial charge in [-0.3, -0.25) is 0 Å². The first-order valence-corrected chi connectivity index (χ1v) is 0.651. The van der Waals surface area contributed by atoms with Crippen molar-refractivity contribution in [2.24, 2.45) is 0 Å². The quantitative estimate of drug-likeness (QED) is 0.455. The average molecular weight is 310 g/mol. The number of carbonyl (C=O) groups is 1. The first kappa shape index (κ1) is 23.6. The number of hydrogen-bond acceptors (Lipinski definition) is 1. The van der Waals surface area contributed by atoms with E-state index in [1.165, 1.54) is 0 Å². The zero-order chi connectivity index (χ0) is 3.58. The summed E-state index contributed by atoms with van der Waals surface area (Å²) < 4.78 is 0. The van der Waals surface area contributed by atoms with Crippen LogP contribution in [-0.4, -0.2) is 21.8 Å². The molecular formula is CH5KO4Os. The molecule has 0 bridgehead atoms. The molecule has 0 spiro atoms. The van der Waals surface area contributed by atoms with Crippen LogP contribution in [0, 0.1) is 0 Å². The van der Waals surface area contributed by atoms with E-state index in [4.69, 9.17) is 15.0 Å². The normalized spacial score (nSPS) is 3.43. The maximum absolute atomic E-state index is 8.56. The van der Waals surface area contributed by atoms with Crippen LogP contribution in [-0.2, 0) is 19.8 Å². The molecule has 0 aliphatic carbocycles. The predicted molar refractivity (Wildman–Crippen MR) is 15.4 cm³/mol. The van der Waals surface area contributed by atoms with E-state index >= 15 is 0 Å². The van der Waals surface area contributed by atoms with Gasteiger partial charge in [0.25, 0.3) is 0 Å². The summed E-state index contributed by atoms with van der Waals surface area (Å²) in [6.45, 7) is 0. The van der Waals surface area contributed by atoms with Crippen molar-refractivity contribution in [3.8, 4) is 0 Å². The summed E-state index contributed by atoms with van der Waals surface area (Å²) in [4.78, 5) is 8.56. The van der Waals surface area contributed by atoms with Crippen molar-refractivity contribution in [3.05, 3.63) is 0 Å². The topological polar surface area (TPSA) is 89.0 Å². The van der Waals surface area contributed by atoms with Crippen LogP contribution in [0.5, 0.6) is 0 Å². The molecule has 6 heteroatoms. The van der Waals surface area contributed by atoms with Crippen molar-refractivity contribution in [3.63, 3.8) is 0 Å². The van der Waals surface area contributed by atoms with Crippen LogP contribution >= 0.6 is 0 Å². The standard InChI is InChI=1S/CH2O3.K.H2O.Os.H/c2-1(3)4;;;;/h(H2,2,3,4);;1H2;;/q;+1;;;-1. The van der Waals surface area contributed by atoms with Crippen LogP contribution in [0.25, 0.3) is 0 Å². The van der Waals surface area contributed by atoms with E-state index in [0.29, 0.717) is 0 Å². The number of hydrogen-bond donors (Lipinski definition) is 2. The zero-order valence-electron chi connectivity index (χ0n) is 4.66. The predicted octanol–water partition coefficient (Wildman–Crippen LogP) is -3.49. The molecule has 7 heavy (non-hydrogen) atoms. The SMILES string of the molecule is O.O=C(O)O.[H-].[K+].[Os]. The Morgan fingerprint density at radius 2 is 1.43 bits per heavy atom. The van der Waals surface area contributed by atoms with E-state index in [2.05, 4.69) is 0 Å². The van der Waals surface area contributed by atoms with Gasteiger partial charge in [0.15, 0.2) is 0 Å². The molecule has 0 heterocycles. The fourth-order valence-corrected chi connectivity index (χ4v) is 0. The summed E-state index contributed by atoms with van der Waals surface area (Å²) in [5, 5.41) is 13.9. The molecule has 0 unspecified atom stereocenters. The molecule has 0 fully saturated rings. The van der Waals surface area contributed by atoms with Crippen LogP contribution in [0.4, 0.5) is 4.79 Å². The van der Waals surface area contributed by atoms with Crippen molar-refractivity contribution in [1.82, 2.24) is 0 Å². The van der Waals surface area contributed by atoms with Crippen LogP contribution in [0.1, 0.15) is 1.43 Å². The third-order valence-electron chi connectivity index (χ3n) is 0. The van der Waals surface area contributed by atoms with Gasteiger partial charge in [-0.15, -0.1) is 0 Å². The summed E-state index contributed by atoms with van der Waals surface area (Å²) in [6, 6.07) is 0. The average Bonchev–Trinajstić information content (AvgIpc) is 0.811. The van der Waals surface area contributed by atoms with E-state index in [-0.39, 0.29) is 78.1 Å². The Balaban J connectivity index is -0.00000000750. The van der Waals surface area contributed by atoms with Gasteiger partial charge in [0.2, 0.25) is 0 Å². The number of rotatable bonds is 0. The van der Waals surface area contributed by atoms with Gasteiger partial charge in [-0.05, 0) is 0 Å². The van der Waals surface area contributed by atoms with Crippen LogP contribution in [0.3, 0.4) is 0 Å². The van der Waals surface area contributed by atoms with Crippen LogP contribution < -0.4 is 51.4 Å². The van der Waals surface area contributed by atoms with E-state index in [0.717, 1.165) is 0 Å². The minimum atomic E-state index is -1.83. The van der Waals surface area contributed by atoms with Crippen molar-refractivity contribution < 1.29 is 93.1 Å². The van der Waals surface area contributed by atoms with Crippen LogP contribution in [0.15, 0.2) is 0 Å². The van der Waals surface area contributed by atoms with Crippen LogP contribution in [0.2, 0.25) is 0 Å². The molecular weight excluding hydrogens is 305 g/mol. The first-order chi connectivity index (χ1) is 1.73. The van der Waals surface area contributed by atoms with Crippen molar-refractivity contribution in [1.29, 1.82) is 0 Å². The second-order valence-electron chi connectivity index (χ2n) is 0.283. The van der Waals surface area contributed by atoms with Gasteiger partial charge >= 0.3 is 57.5 Å². The van der Waals surface area contributed by atoms with Gasteiger partial charge in [0.1, 0.15) is 0 Å². The van der Waals surface area contributed by atoms with Crippen molar-refractivity contribution >= 4 is 6.16 Å². The minimum Gasteiger partial charge on any atom is -1.00 e. The fourth-order valence-electron chi connectivity index (χ4n) is 0. The molecule has 0 saturated heterocycles.